The number of aromatic nitrogens is 3. The van der Waals surface area contributed by atoms with E-state index in [1.54, 1.807) is 19.1 Å². The molecule has 1 N–H and O–H groups in total. The zero-order chi connectivity index (χ0) is 18.8. The van der Waals surface area contributed by atoms with E-state index in [0.29, 0.717) is 31.8 Å². The third kappa shape index (κ3) is 3.98. The number of thiazole rings is 1. The summed E-state index contributed by atoms with van der Waals surface area (Å²) in [6.45, 7) is 1.85. The van der Waals surface area contributed by atoms with Gasteiger partial charge in [0.2, 0.25) is 0 Å². The van der Waals surface area contributed by atoms with Crippen molar-refractivity contribution in [1.82, 2.24) is 14.5 Å². The molecule has 26 heavy (non-hydrogen) atoms. The number of aliphatic carboxylic acids is 1. The molecule has 0 saturated heterocycles. The summed E-state index contributed by atoms with van der Waals surface area (Å²) in [5.41, 5.74) is 0.578. The lowest BCUT2D eigenvalue weighted by atomic mass is 10.3. The van der Waals surface area contributed by atoms with Crippen LogP contribution in [-0.2, 0) is 11.3 Å². The van der Waals surface area contributed by atoms with Crippen LogP contribution in [-0.4, -0.2) is 25.6 Å². The van der Waals surface area contributed by atoms with Crippen molar-refractivity contribution in [2.24, 2.45) is 0 Å². The number of ether oxygens (including phenoxy) is 1. The Hall–Kier alpha value is -2.16. The summed E-state index contributed by atoms with van der Waals surface area (Å²) < 4.78 is 7.88. The van der Waals surface area contributed by atoms with E-state index in [9.17, 15) is 9.59 Å². The van der Waals surface area contributed by atoms with Crippen molar-refractivity contribution in [3.8, 4) is 5.75 Å². The van der Waals surface area contributed by atoms with E-state index in [2.05, 4.69) is 9.97 Å². The zero-order valence-electron chi connectivity index (χ0n) is 13.5. The highest BCUT2D eigenvalue weighted by Crippen LogP contribution is 2.34. The fourth-order valence-electron chi connectivity index (χ4n) is 2.35. The molecule has 10 heteroatoms. The molecule has 7 nitrogen and oxygen atoms in total. The van der Waals surface area contributed by atoms with Crippen LogP contribution in [0.5, 0.6) is 5.75 Å². The van der Waals surface area contributed by atoms with Crippen molar-refractivity contribution in [2.45, 2.75) is 26.0 Å². The van der Waals surface area contributed by atoms with Crippen LogP contribution in [0.3, 0.4) is 0 Å². The molecule has 0 aliphatic rings. The van der Waals surface area contributed by atoms with E-state index < -0.39 is 12.1 Å². The molecule has 2 heterocycles. The molecule has 0 unspecified atom stereocenters. The smallest absolute Gasteiger partial charge is 0.308 e. The van der Waals surface area contributed by atoms with Crippen molar-refractivity contribution in [3.05, 3.63) is 50.1 Å². The van der Waals surface area contributed by atoms with E-state index in [0.717, 1.165) is 11.3 Å². The van der Waals surface area contributed by atoms with Gasteiger partial charge in [-0.2, -0.15) is 0 Å². The van der Waals surface area contributed by atoms with Crippen molar-refractivity contribution in [1.29, 1.82) is 0 Å². The Balaban J connectivity index is 1.90. The Labute approximate surface area is 161 Å². The van der Waals surface area contributed by atoms with Gasteiger partial charge in [-0.1, -0.05) is 34.5 Å². The van der Waals surface area contributed by atoms with Crippen LogP contribution < -0.4 is 9.61 Å². The Kier molecular flexibility index (Phi) is 5.45. The molecule has 0 saturated carbocycles. The van der Waals surface area contributed by atoms with Gasteiger partial charge in [0.1, 0.15) is 5.75 Å². The van der Waals surface area contributed by atoms with Gasteiger partial charge in [0.25, 0.3) is 0 Å². The molecule has 3 aromatic rings. The summed E-state index contributed by atoms with van der Waals surface area (Å²) in [6, 6.07) is 3.26. The molecule has 0 radical (unpaired) electrons. The first-order chi connectivity index (χ1) is 12.3. The first kappa shape index (κ1) is 18.6. The number of hydrogen-bond donors (Lipinski definition) is 1. The first-order valence-corrected chi connectivity index (χ1v) is 9.11. The number of nitrogens with zero attached hydrogens (tertiary/aromatic N) is 3. The highest BCUT2D eigenvalue weighted by molar-refractivity contribution is 7.16. The van der Waals surface area contributed by atoms with Gasteiger partial charge in [-0.15, -0.1) is 0 Å². The van der Waals surface area contributed by atoms with Crippen LogP contribution in [0.1, 0.15) is 25.3 Å². The number of aryl methyl sites for hydroxylation is 1. The fraction of sp³-hybridized carbons (Fsp3) is 0.250. The summed E-state index contributed by atoms with van der Waals surface area (Å²) in [7, 11) is 0. The summed E-state index contributed by atoms with van der Waals surface area (Å²) in [5, 5.41) is 9.55. The fourth-order valence-corrected chi connectivity index (χ4v) is 3.58. The zero-order valence-corrected chi connectivity index (χ0v) is 15.8. The van der Waals surface area contributed by atoms with Gasteiger partial charge in [-0.05, 0) is 13.0 Å². The molecule has 0 aliphatic heterocycles. The van der Waals surface area contributed by atoms with Gasteiger partial charge in [0.15, 0.2) is 11.9 Å². The van der Waals surface area contributed by atoms with Gasteiger partial charge >= 0.3 is 10.8 Å². The molecule has 0 spiro atoms. The maximum Gasteiger partial charge on any atom is 0.308 e. The predicted molar refractivity (Wildman–Crippen MR) is 99.4 cm³/mol. The Morgan fingerprint density at radius 3 is 2.69 bits per heavy atom. The molecular formula is C16H13Cl2N3O4S. The van der Waals surface area contributed by atoms with Crippen LogP contribution >= 0.6 is 34.5 Å². The number of benzene rings is 1. The molecule has 3 rings (SSSR count). The average Bonchev–Trinajstić information content (AvgIpc) is 2.88. The van der Waals surface area contributed by atoms with Crippen LogP contribution in [0.25, 0.3) is 10.2 Å². The number of hydrogen-bond acceptors (Lipinski definition) is 6. The van der Waals surface area contributed by atoms with E-state index in [1.165, 1.54) is 17.0 Å². The SMILES string of the molecule is C[C@H](Oc1cc2sc(=O)n(CCC(=O)O)c2cc1Cl)c1ncc(Cl)cn1. The van der Waals surface area contributed by atoms with Crippen LogP contribution in [0.2, 0.25) is 10.0 Å². The third-order valence-electron chi connectivity index (χ3n) is 3.58. The summed E-state index contributed by atoms with van der Waals surface area (Å²) >= 11 is 13.1. The normalized spacial score (nSPS) is 12.3. The van der Waals surface area contributed by atoms with E-state index in [-0.39, 0.29) is 17.8 Å². The second-order valence-electron chi connectivity index (χ2n) is 5.43. The molecule has 0 bridgehead atoms. The average molecular weight is 414 g/mol. The third-order valence-corrected chi connectivity index (χ3v) is 5.01. The van der Waals surface area contributed by atoms with Crippen LogP contribution in [0.4, 0.5) is 0 Å². The second-order valence-corrected chi connectivity index (χ2v) is 7.27. The Morgan fingerprint density at radius 1 is 1.35 bits per heavy atom. The van der Waals surface area contributed by atoms with Gasteiger partial charge in [-0.25, -0.2) is 9.97 Å². The summed E-state index contributed by atoms with van der Waals surface area (Å²) in [6.07, 6.45) is 2.33. The van der Waals surface area contributed by atoms with Gasteiger partial charge in [0.05, 0.1) is 26.7 Å². The maximum atomic E-state index is 12.1. The van der Waals surface area contributed by atoms with E-state index >= 15 is 0 Å². The lowest BCUT2D eigenvalue weighted by molar-refractivity contribution is -0.137. The molecule has 0 fully saturated rings. The maximum absolute atomic E-state index is 12.1. The monoisotopic (exact) mass is 413 g/mol. The largest absolute Gasteiger partial charge is 0.481 e. The number of carboxylic acids is 1. The minimum atomic E-state index is -0.973. The van der Waals surface area contributed by atoms with Crippen molar-refractivity contribution in [3.63, 3.8) is 0 Å². The molecule has 136 valence electrons. The van der Waals surface area contributed by atoms with Gasteiger partial charge < -0.3 is 9.84 Å². The predicted octanol–water partition coefficient (Wildman–Crippen LogP) is 3.77. The standard InChI is InChI=1S/C16H13Cl2N3O4S/c1-8(15-19-6-9(17)7-20-15)25-12-5-13-11(4-10(12)18)21(16(24)26-13)3-2-14(22)23/h4-8H,2-3H2,1H3,(H,22,23)/t8-/m0/s1. The second kappa shape index (κ2) is 7.61. The minimum absolute atomic E-state index is 0.0831. The quantitative estimate of drug-likeness (QED) is 0.660. The Morgan fingerprint density at radius 2 is 2.04 bits per heavy atom. The van der Waals surface area contributed by atoms with E-state index in [1.807, 2.05) is 0 Å². The number of carboxylic acid groups (broad SMARTS) is 1. The number of fused-ring (bicyclic) bond motifs is 1. The number of rotatable bonds is 6. The van der Waals surface area contributed by atoms with Crippen molar-refractivity contribution < 1.29 is 14.6 Å². The molecule has 1 atom stereocenters. The minimum Gasteiger partial charge on any atom is -0.481 e. The molecule has 2 aromatic heterocycles. The molecular weight excluding hydrogens is 401 g/mol. The highest BCUT2D eigenvalue weighted by atomic mass is 35.5. The van der Waals surface area contributed by atoms with Crippen molar-refractivity contribution >= 4 is 50.7 Å². The summed E-state index contributed by atoms with van der Waals surface area (Å²) in [4.78, 5) is 30.9. The highest BCUT2D eigenvalue weighted by Gasteiger charge is 2.16. The van der Waals surface area contributed by atoms with E-state index in [4.69, 9.17) is 33.0 Å². The lowest BCUT2D eigenvalue weighted by Gasteiger charge is -2.14. The van der Waals surface area contributed by atoms with Crippen molar-refractivity contribution in [2.75, 3.05) is 0 Å². The van der Waals surface area contributed by atoms with Crippen LogP contribution in [0.15, 0.2) is 29.3 Å². The van der Waals surface area contributed by atoms with Crippen LogP contribution in [0, 0.1) is 0 Å². The van der Waals surface area contributed by atoms with Gasteiger partial charge in [-0.3, -0.25) is 14.2 Å². The first-order valence-electron chi connectivity index (χ1n) is 7.54. The van der Waals surface area contributed by atoms with Gasteiger partial charge in [0, 0.05) is 25.0 Å². The molecule has 1 aromatic carbocycles. The summed E-state index contributed by atoms with van der Waals surface area (Å²) in [5.74, 6) is -0.145. The Bertz CT molecular complexity index is 1020. The number of halogens is 2. The lowest BCUT2D eigenvalue weighted by Crippen LogP contribution is -2.15. The topological polar surface area (TPSA) is 94.3 Å². The molecule has 0 amide bonds. The number of carbonyl (C=O) groups is 1. The molecule has 0 aliphatic carbocycles.